The van der Waals surface area contributed by atoms with E-state index in [0.29, 0.717) is 9.49 Å². The zero-order chi connectivity index (χ0) is 24.6. The molecule has 3 aliphatic rings. The van der Waals surface area contributed by atoms with Crippen molar-refractivity contribution in [2.75, 3.05) is 9.87 Å². The number of aryl methyl sites for hydroxylation is 1. The minimum absolute atomic E-state index is 0.0526. The van der Waals surface area contributed by atoms with Gasteiger partial charge in [0.2, 0.25) is 0 Å². The number of aromatic nitrogens is 2. The number of amides is 2. The monoisotopic (exact) mass is 596 g/mol. The summed E-state index contributed by atoms with van der Waals surface area (Å²) in [6.45, 7) is 0. The molecule has 2 aromatic carbocycles. The molecule has 0 radical (unpaired) electrons. The van der Waals surface area contributed by atoms with Crippen LogP contribution in [-0.2, 0) is 11.8 Å². The molecule has 0 bridgehead atoms. The fourth-order valence-electron chi connectivity index (χ4n) is 5.96. The molecule has 2 amide bonds. The van der Waals surface area contributed by atoms with Crippen LogP contribution in [0.3, 0.4) is 0 Å². The van der Waals surface area contributed by atoms with Crippen molar-refractivity contribution in [2.24, 2.45) is 13.0 Å². The number of imidazole rings is 1. The van der Waals surface area contributed by atoms with Crippen LogP contribution in [0.15, 0.2) is 67.0 Å². The minimum atomic E-state index is -0.268. The maximum absolute atomic E-state index is 14.2. The van der Waals surface area contributed by atoms with E-state index in [1.807, 2.05) is 55.8 Å². The molecule has 1 saturated carbocycles. The van der Waals surface area contributed by atoms with Crippen LogP contribution in [0.2, 0.25) is 0 Å². The number of alkyl halides is 2. The molecule has 1 aromatic heterocycles. The molecule has 1 saturated heterocycles. The summed E-state index contributed by atoms with van der Waals surface area (Å²) in [5.74, 6) is 0.964. The first kappa shape index (κ1) is 23.5. The van der Waals surface area contributed by atoms with Gasteiger partial charge >= 0.3 is 223 Å². The van der Waals surface area contributed by atoms with Crippen LogP contribution in [0.1, 0.15) is 59.5 Å². The zero-order valence-corrected chi connectivity index (χ0v) is 22.5. The molecule has 2 N–H and O–H groups in total. The van der Waals surface area contributed by atoms with Gasteiger partial charge in [0.25, 0.3) is 0 Å². The number of hydrogen-bond donors (Lipinski definition) is 2. The van der Waals surface area contributed by atoms with E-state index in [2.05, 4.69) is 43.3 Å². The Balaban J connectivity index is 1.28. The van der Waals surface area contributed by atoms with Crippen molar-refractivity contribution in [1.29, 1.82) is 0 Å². The molecule has 6 rings (SSSR count). The molecular formula is C28H31IN5O2-. The predicted octanol–water partition coefficient (Wildman–Crippen LogP) is 0.874. The van der Waals surface area contributed by atoms with Crippen molar-refractivity contribution in [3.05, 3.63) is 83.9 Å². The molecular weight excluding hydrogens is 565 g/mol. The van der Waals surface area contributed by atoms with Crippen molar-refractivity contribution in [3.8, 4) is 0 Å². The second kappa shape index (κ2) is 9.88. The van der Waals surface area contributed by atoms with Gasteiger partial charge in [-0.25, -0.2) is 0 Å². The molecule has 3 aromatic rings. The Labute approximate surface area is 221 Å². The van der Waals surface area contributed by atoms with Gasteiger partial charge in [-0.1, -0.05) is 0 Å². The van der Waals surface area contributed by atoms with Crippen LogP contribution in [0.5, 0.6) is 0 Å². The second-order valence-electron chi connectivity index (χ2n) is 9.91. The summed E-state index contributed by atoms with van der Waals surface area (Å²) in [6.07, 6.45) is 7.58. The molecule has 1 aliphatic carbocycles. The van der Waals surface area contributed by atoms with Gasteiger partial charge < -0.3 is 0 Å². The van der Waals surface area contributed by atoms with Crippen molar-refractivity contribution >= 4 is 17.5 Å². The van der Waals surface area contributed by atoms with Crippen molar-refractivity contribution in [2.45, 2.75) is 47.7 Å². The molecule has 0 spiro atoms. The Kier molecular flexibility index (Phi) is 6.45. The first-order chi connectivity index (χ1) is 17.6. The fraction of sp³-hybridized carbons (Fsp3) is 0.393. The van der Waals surface area contributed by atoms with E-state index in [1.54, 1.807) is 0 Å². The summed E-state index contributed by atoms with van der Waals surface area (Å²) in [4.78, 5) is 34.0. The summed E-state index contributed by atoms with van der Waals surface area (Å²) in [5.41, 5.74) is 2.94. The zero-order valence-electron chi connectivity index (χ0n) is 20.3. The summed E-state index contributed by atoms with van der Waals surface area (Å²) in [7, 11) is 2.04. The van der Waals surface area contributed by atoms with E-state index >= 15 is 0 Å². The van der Waals surface area contributed by atoms with Crippen molar-refractivity contribution in [1.82, 2.24) is 19.8 Å². The number of hydrogen-bond acceptors (Lipinski definition) is 4. The third-order valence-electron chi connectivity index (χ3n) is 7.78. The van der Waals surface area contributed by atoms with E-state index in [9.17, 15) is 9.59 Å². The standard InChI is InChI=1S/C28H31IN5O2/c1-33-16-15-30-26(33)24-23-25(19-11-5-7-13-21(19)31-24)34(17-29-23)28(36)20-12-6-8-14-22(20)32-27(35)18-9-3-2-4-10-18/h2-5,7,9-11,13,15-16,20,22-25,31H,6,8,12,14,17H2,1H3,(H,32,35)/q-1/t20-,22+,23+,24+,25-/m0/s1. The molecule has 2 fully saturated rings. The Bertz CT molecular complexity index is 1260. The summed E-state index contributed by atoms with van der Waals surface area (Å²) in [6, 6.07) is 17.7. The third-order valence-corrected chi connectivity index (χ3v) is 11.3. The number of rotatable bonds is 4. The van der Waals surface area contributed by atoms with Gasteiger partial charge in [0.1, 0.15) is 0 Å². The van der Waals surface area contributed by atoms with E-state index in [-0.39, 0.29) is 57.1 Å². The number of fused-ring (bicyclic) bond motifs is 3. The molecule has 188 valence electrons. The Morgan fingerprint density at radius 2 is 1.83 bits per heavy atom. The number of benzene rings is 2. The van der Waals surface area contributed by atoms with Gasteiger partial charge in [-0.3, -0.25) is 0 Å². The SMILES string of the molecule is Cn1ccnc1[C@@H]1Nc2ccccc2[C@H]2[C@@H]1[I-]CN2C(=O)[C@H]1CCCC[C@H]1NC(=O)c1ccccc1. The van der Waals surface area contributed by atoms with E-state index < -0.39 is 0 Å². The van der Waals surface area contributed by atoms with Crippen LogP contribution >= 0.6 is 0 Å². The molecule has 7 nitrogen and oxygen atoms in total. The van der Waals surface area contributed by atoms with Gasteiger partial charge in [0.15, 0.2) is 0 Å². The topological polar surface area (TPSA) is 79.3 Å². The summed E-state index contributed by atoms with van der Waals surface area (Å²) < 4.78 is 3.28. The quantitative estimate of drug-likeness (QED) is 0.267. The molecule has 2 aliphatic heterocycles. The van der Waals surface area contributed by atoms with Crippen LogP contribution in [0.4, 0.5) is 5.69 Å². The third kappa shape index (κ3) is 4.19. The van der Waals surface area contributed by atoms with E-state index in [4.69, 9.17) is 0 Å². The Morgan fingerprint density at radius 1 is 1.06 bits per heavy atom. The average molecular weight is 596 g/mol. The van der Waals surface area contributed by atoms with Crippen LogP contribution in [0.25, 0.3) is 0 Å². The molecule has 8 heteroatoms. The second-order valence-corrected chi connectivity index (χ2v) is 12.9. The van der Waals surface area contributed by atoms with Crippen LogP contribution in [0, 0.1) is 5.92 Å². The predicted molar refractivity (Wildman–Crippen MR) is 134 cm³/mol. The molecule has 36 heavy (non-hydrogen) atoms. The number of nitrogens with one attached hydrogen (secondary N) is 2. The summed E-state index contributed by atoms with van der Waals surface area (Å²) in [5, 5.41) is 6.97. The number of halogens is 1. The van der Waals surface area contributed by atoms with Crippen molar-refractivity contribution < 1.29 is 30.8 Å². The Hall–Kier alpha value is -2.88. The molecule has 5 atom stereocenters. The Morgan fingerprint density at radius 3 is 2.64 bits per heavy atom. The number of carbonyl (C=O) groups excluding carboxylic acids is 2. The first-order valence-corrected chi connectivity index (χ1v) is 15.5. The number of carbonyl (C=O) groups is 2. The van der Waals surface area contributed by atoms with Crippen LogP contribution in [-0.4, -0.2) is 40.8 Å². The maximum atomic E-state index is 14.2. The summed E-state index contributed by atoms with van der Waals surface area (Å²) >= 11 is -0.268. The van der Waals surface area contributed by atoms with E-state index in [0.717, 1.165) is 41.7 Å². The van der Waals surface area contributed by atoms with Gasteiger partial charge in [-0.05, 0) is 0 Å². The van der Waals surface area contributed by atoms with Crippen molar-refractivity contribution in [3.63, 3.8) is 0 Å². The molecule has 3 heterocycles. The number of anilines is 1. The average Bonchev–Trinajstić information content (AvgIpc) is 3.55. The molecule has 0 unspecified atom stereocenters. The fourth-order valence-corrected chi connectivity index (χ4v) is 9.87. The van der Waals surface area contributed by atoms with Gasteiger partial charge in [-0.15, -0.1) is 0 Å². The normalized spacial score (nSPS) is 27.2. The van der Waals surface area contributed by atoms with E-state index in [1.165, 1.54) is 5.56 Å². The van der Waals surface area contributed by atoms with Crippen LogP contribution < -0.4 is 31.8 Å². The number of para-hydroxylation sites is 1. The van der Waals surface area contributed by atoms with Gasteiger partial charge in [-0.2, -0.15) is 0 Å². The van der Waals surface area contributed by atoms with Gasteiger partial charge in [0, 0.05) is 0 Å². The number of nitrogens with zero attached hydrogens (tertiary/aromatic N) is 3. The van der Waals surface area contributed by atoms with Gasteiger partial charge in [0.05, 0.1) is 0 Å². The first-order valence-electron chi connectivity index (χ1n) is 12.7.